The highest BCUT2D eigenvalue weighted by Crippen LogP contribution is 2.22. The molecule has 1 amide bonds. The Kier molecular flexibility index (Phi) is 11.8. The van der Waals surface area contributed by atoms with E-state index in [4.69, 9.17) is 0 Å². The van der Waals surface area contributed by atoms with Gasteiger partial charge < -0.3 is 10.2 Å². The molecule has 2 fully saturated rings. The molecule has 0 spiro atoms. The van der Waals surface area contributed by atoms with Crippen LogP contribution in [0.25, 0.3) is 0 Å². The van der Waals surface area contributed by atoms with Gasteiger partial charge in [-0.25, -0.2) is 0 Å². The van der Waals surface area contributed by atoms with Crippen LogP contribution < -0.4 is 5.32 Å². The molecule has 2 aliphatic rings. The van der Waals surface area contributed by atoms with Crippen molar-refractivity contribution in [3.63, 3.8) is 0 Å². The number of likely N-dealkylation sites (tertiary alicyclic amines) is 1. The summed E-state index contributed by atoms with van der Waals surface area (Å²) in [5, 5.41) is 3.35. The van der Waals surface area contributed by atoms with E-state index in [2.05, 4.69) is 5.32 Å². The second kappa shape index (κ2) is 11.7. The molecular weight excluding hydrogens is 398 g/mol. The number of hydrogen-bond acceptors (Lipinski definition) is 4. The summed E-state index contributed by atoms with van der Waals surface area (Å²) < 4.78 is 37.6. The molecule has 1 N–H and O–H groups in total. The molecule has 0 aromatic carbocycles. The molecular formula is C15H28Cl2F3N3OS. The molecule has 10 heteroatoms. The first-order chi connectivity index (χ1) is 10.9. The van der Waals surface area contributed by atoms with Crippen molar-refractivity contribution in [3.8, 4) is 0 Å². The third kappa shape index (κ3) is 9.04. The van der Waals surface area contributed by atoms with Crippen molar-refractivity contribution in [1.29, 1.82) is 0 Å². The summed E-state index contributed by atoms with van der Waals surface area (Å²) in [5.41, 5.74) is 0. The van der Waals surface area contributed by atoms with Gasteiger partial charge in [0.1, 0.15) is 0 Å². The van der Waals surface area contributed by atoms with Crippen molar-refractivity contribution < 1.29 is 18.0 Å². The van der Waals surface area contributed by atoms with Gasteiger partial charge in [0.2, 0.25) is 5.91 Å². The number of alkyl halides is 3. The van der Waals surface area contributed by atoms with Crippen molar-refractivity contribution in [2.75, 3.05) is 50.8 Å². The van der Waals surface area contributed by atoms with Crippen LogP contribution in [0.4, 0.5) is 13.2 Å². The Morgan fingerprint density at radius 2 is 2.08 bits per heavy atom. The number of hydrogen-bond donors (Lipinski definition) is 1. The van der Waals surface area contributed by atoms with Crippen molar-refractivity contribution >= 4 is 42.5 Å². The first-order valence-electron chi connectivity index (χ1n) is 8.25. The molecule has 2 rings (SSSR count). The maximum absolute atomic E-state index is 12.5. The van der Waals surface area contributed by atoms with Crippen LogP contribution in [0.5, 0.6) is 0 Å². The average molecular weight is 426 g/mol. The van der Waals surface area contributed by atoms with Crippen molar-refractivity contribution in [2.45, 2.75) is 32.0 Å². The lowest BCUT2D eigenvalue weighted by Crippen LogP contribution is -2.42. The van der Waals surface area contributed by atoms with Crippen LogP contribution >= 0.6 is 36.6 Å². The lowest BCUT2D eigenvalue weighted by molar-refractivity contribution is -0.146. The zero-order chi connectivity index (χ0) is 16.9. The van der Waals surface area contributed by atoms with E-state index in [1.807, 2.05) is 16.7 Å². The third-order valence-electron chi connectivity index (χ3n) is 4.42. The van der Waals surface area contributed by atoms with E-state index in [-0.39, 0.29) is 42.7 Å². The average Bonchev–Trinajstić information content (AvgIpc) is 2.95. The summed E-state index contributed by atoms with van der Waals surface area (Å²) in [4.78, 5) is 15.6. The molecule has 2 unspecified atom stereocenters. The minimum atomic E-state index is -4.16. The Morgan fingerprint density at radius 3 is 2.64 bits per heavy atom. The van der Waals surface area contributed by atoms with Gasteiger partial charge in [0.15, 0.2) is 0 Å². The number of rotatable bonds is 6. The molecule has 2 atom stereocenters. The predicted molar refractivity (Wildman–Crippen MR) is 101 cm³/mol. The molecule has 0 bridgehead atoms. The quantitative estimate of drug-likeness (QED) is 0.709. The van der Waals surface area contributed by atoms with Gasteiger partial charge in [-0.05, 0) is 18.9 Å². The van der Waals surface area contributed by atoms with E-state index in [9.17, 15) is 18.0 Å². The van der Waals surface area contributed by atoms with E-state index in [1.165, 1.54) is 4.90 Å². The number of halogens is 5. The second-order valence-electron chi connectivity index (χ2n) is 6.37. The molecule has 0 radical (unpaired) electrons. The Morgan fingerprint density at radius 1 is 1.36 bits per heavy atom. The minimum Gasteiger partial charge on any atom is -0.342 e. The van der Waals surface area contributed by atoms with E-state index >= 15 is 0 Å². The Balaban J connectivity index is 0.00000288. The summed E-state index contributed by atoms with van der Waals surface area (Å²) in [5.74, 6) is 2.32. The smallest absolute Gasteiger partial charge is 0.342 e. The fourth-order valence-corrected chi connectivity index (χ4v) is 4.17. The topological polar surface area (TPSA) is 35.6 Å². The number of thioether (sulfide) groups is 1. The van der Waals surface area contributed by atoms with Crippen molar-refractivity contribution in [1.82, 2.24) is 15.1 Å². The minimum absolute atomic E-state index is 0. The van der Waals surface area contributed by atoms with Gasteiger partial charge in [-0.3, -0.25) is 9.69 Å². The maximum Gasteiger partial charge on any atom is 0.401 e. The van der Waals surface area contributed by atoms with Crippen LogP contribution in [0.15, 0.2) is 0 Å². The molecule has 4 nitrogen and oxygen atoms in total. The van der Waals surface area contributed by atoms with Gasteiger partial charge in [0.25, 0.3) is 0 Å². The van der Waals surface area contributed by atoms with Gasteiger partial charge in [-0.2, -0.15) is 24.9 Å². The Labute approximate surface area is 164 Å². The number of amides is 1. The molecule has 0 aromatic heterocycles. The van der Waals surface area contributed by atoms with Gasteiger partial charge in [-0.1, -0.05) is 6.92 Å². The highest BCUT2D eigenvalue weighted by Gasteiger charge is 2.33. The first kappa shape index (κ1) is 25.1. The summed E-state index contributed by atoms with van der Waals surface area (Å²) >= 11 is 1.86. The lowest BCUT2D eigenvalue weighted by Gasteiger charge is -2.26. The predicted octanol–water partition coefficient (Wildman–Crippen LogP) is 2.66. The maximum atomic E-state index is 12.5. The zero-order valence-electron chi connectivity index (χ0n) is 14.4. The number of nitrogens with zero attached hydrogens (tertiary/aromatic N) is 2. The molecule has 0 aliphatic carbocycles. The van der Waals surface area contributed by atoms with Crippen LogP contribution in [0.1, 0.15) is 19.8 Å². The first-order valence-corrected chi connectivity index (χ1v) is 9.41. The van der Waals surface area contributed by atoms with Gasteiger partial charge >= 0.3 is 6.18 Å². The van der Waals surface area contributed by atoms with Gasteiger partial charge in [0, 0.05) is 50.1 Å². The lowest BCUT2D eigenvalue weighted by atomic mass is 10.1. The van der Waals surface area contributed by atoms with Crippen LogP contribution in [-0.2, 0) is 4.79 Å². The molecule has 25 heavy (non-hydrogen) atoms. The Hall–Kier alpha value is 0.110. The fraction of sp³-hybridized carbons (Fsp3) is 0.933. The number of nitrogens with one attached hydrogen (secondary N) is 1. The summed E-state index contributed by atoms with van der Waals surface area (Å²) in [7, 11) is 0. The SMILES string of the molecule is CCN(CC1CCN(C(=O)CC2CSCCN2)C1)CC(F)(F)F.Cl.Cl. The summed E-state index contributed by atoms with van der Waals surface area (Å²) in [6.45, 7) is 3.88. The zero-order valence-corrected chi connectivity index (χ0v) is 16.8. The molecule has 2 saturated heterocycles. The summed E-state index contributed by atoms with van der Waals surface area (Å²) in [6.07, 6.45) is -2.86. The summed E-state index contributed by atoms with van der Waals surface area (Å²) in [6, 6.07) is 0.234. The molecule has 0 saturated carbocycles. The fourth-order valence-electron chi connectivity index (χ4n) is 3.22. The van der Waals surface area contributed by atoms with Crippen LogP contribution in [0.2, 0.25) is 0 Å². The second-order valence-corrected chi connectivity index (χ2v) is 7.52. The van der Waals surface area contributed by atoms with Gasteiger partial charge in [-0.15, -0.1) is 24.8 Å². The highest BCUT2D eigenvalue weighted by molar-refractivity contribution is 7.99. The number of carbonyl (C=O) groups excluding carboxylic acids is 1. The van der Waals surface area contributed by atoms with E-state index < -0.39 is 12.7 Å². The molecule has 0 aromatic rings. The normalized spacial score (nSPS) is 24.0. The Bertz CT molecular complexity index is 399. The standard InChI is InChI=1S/C15H26F3N3OS.2ClH/c1-2-20(11-15(16,17)18)8-12-3-5-21(9-12)14(22)7-13-10-23-6-4-19-13;;/h12-13,19H,2-11H2,1H3;2*1H. The van der Waals surface area contributed by atoms with Crippen molar-refractivity contribution in [3.05, 3.63) is 0 Å². The van der Waals surface area contributed by atoms with Gasteiger partial charge in [0.05, 0.1) is 6.54 Å². The van der Waals surface area contributed by atoms with E-state index in [1.54, 1.807) is 6.92 Å². The van der Waals surface area contributed by atoms with E-state index in [0.717, 1.165) is 24.5 Å². The van der Waals surface area contributed by atoms with E-state index in [0.29, 0.717) is 32.6 Å². The molecule has 2 heterocycles. The van der Waals surface area contributed by atoms with Crippen molar-refractivity contribution in [2.24, 2.45) is 5.92 Å². The largest absolute Gasteiger partial charge is 0.401 e. The third-order valence-corrected chi connectivity index (χ3v) is 5.56. The molecule has 2 aliphatic heterocycles. The van der Waals surface area contributed by atoms with Crippen LogP contribution in [0.3, 0.4) is 0 Å². The molecule has 150 valence electrons. The monoisotopic (exact) mass is 425 g/mol. The highest BCUT2D eigenvalue weighted by atomic mass is 35.5. The van der Waals surface area contributed by atoms with Crippen LogP contribution in [-0.4, -0.2) is 78.7 Å². The number of carbonyl (C=O) groups is 1. The van der Waals surface area contributed by atoms with Crippen LogP contribution in [0, 0.1) is 5.92 Å².